The Morgan fingerprint density at radius 1 is 1.19 bits per heavy atom. The van der Waals surface area contributed by atoms with Gasteiger partial charge in [0.1, 0.15) is 5.75 Å². The molecule has 140 valence electrons. The quantitative estimate of drug-likeness (QED) is 0.603. The van der Waals surface area contributed by atoms with Gasteiger partial charge in [-0.15, -0.1) is 0 Å². The number of hydrogen-bond acceptors (Lipinski definition) is 5. The fourth-order valence-corrected chi connectivity index (χ4v) is 2.54. The molecule has 0 atom stereocenters. The van der Waals surface area contributed by atoms with Crippen LogP contribution in [0.5, 0.6) is 5.75 Å². The second kappa shape index (κ2) is 8.35. The van der Waals surface area contributed by atoms with Crippen molar-refractivity contribution >= 4 is 29.2 Å². The molecule has 2 aromatic rings. The molecule has 0 bridgehead atoms. The highest BCUT2D eigenvalue weighted by molar-refractivity contribution is 6.06. The normalized spacial score (nSPS) is 12.4. The average Bonchev–Trinajstić information content (AvgIpc) is 2.67. The van der Waals surface area contributed by atoms with Crippen molar-refractivity contribution in [3.8, 4) is 5.75 Å². The van der Waals surface area contributed by atoms with E-state index in [1.54, 1.807) is 42.5 Å². The van der Waals surface area contributed by atoms with Gasteiger partial charge in [0.25, 0.3) is 11.8 Å². The number of benzene rings is 2. The molecule has 2 amide bonds. The number of carbonyl (C=O) groups excluding carboxylic acids is 3. The largest absolute Gasteiger partial charge is 0.482 e. The maximum atomic E-state index is 12.5. The van der Waals surface area contributed by atoms with Crippen LogP contribution in [0.3, 0.4) is 0 Å². The summed E-state index contributed by atoms with van der Waals surface area (Å²) in [6.07, 6.45) is 1.75. The van der Waals surface area contributed by atoms with Gasteiger partial charge in [-0.25, -0.2) is 4.79 Å². The van der Waals surface area contributed by atoms with Gasteiger partial charge in [0, 0.05) is 11.3 Å². The Balaban J connectivity index is 1.69. The minimum atomic E-state index is -0.423. The number of ether oxygens (including phenoxy) is 2. The maximum absolute atomic E-state index is 12.5. The summed E-state index contributed by atoms with van der Waals surface area (Å²) < 4.78 is 10.5. The van der Waals surface area contributed by atoms with Crippen molar-refractivity contribution in [2.75, 3.05) is 23.8 Å². The van der Waals surface area contributed by atoms with Crippen molar-refractivity contribution in [2.24, 2.45) is 0 Å². The Morgan fingerprint density at radius 2 is 2.04 bits per heavy atom. The van der Waals surface area contributed by atoms with E-state index in [2.05, 4.69) is 10.6 Å². The topological polar surface area (TPSA) is 93.7 Å². The second-order valence-electron chi connectivity index (χ2n) is 6.07. The fourth-order valence-electron chi connectivity index (χ4n) is 2.54. The smallest absolute Gasteiger partial charge is 0.338 e. The molecule has 0 saturated heterocycles. The molecule has 0 aromatic heterocycles. The van der Waals surface area contributed by atoms with Crippen LogP contribution in [0, 0.1) is 0 Å². The van der Waals surface area contributed by atoms with Crippen molar-refractivity contribution in [3.63, 3.8) is 0 Å². The van der Waals surface area contributed by atoms with Gasteiger partial charge in [0.05, 0.1) is 17.9 Å². The molecular weight excluding hydrogens is 348 g/mol. The minimum absolute atomic E-state index is 0.0420. The lowest BCUT2D eigenvalue weighted by Crippen LogP contribution is -2.25. The number of anilines is 2. The van der Waals surface area contributed by atoms with Crippen molar-refractivity contribution < 1.29 is 23.9 Å². The van der Waals surface area contributed by atoms with Crippen LogP contribution in [0.25, 0.3) is 0 Å². The lowest BCUT2D eigenvalue weighted by molar-refractivity contribution is -0.118. The third-order valence-electron chi connectivity index (χ3n) is 3.96. The summed E-state index contributed by atoms with van der Waals surface area (Å²) in [7, 11) is 0. The number of carbonyl (C=O) groups is 3. The Labute approximate surface area is 156 Å². The van der Waals surface area contributed by atoms with Crippen LogP contribution in [0.4, 0.5) is 11.4 Å². The SMILES string of the molecule is CCCCOC(=O)c1cccc(NC(=O)c2ccc3c(c2)NC(=O)CO3)c1. The van der Waals surface area contributed by atoms with Crippen LogP contribution >= 0.6 is 0 Å². The van der Waals surface area contributed by atoms with Gasteiger partial charge >= 0.3 is 5.97 Å². The van der Waals surface area contributed by atoms with E-state index < -0.39 is 5.97 Å². The molecule has 0 spiro atoms. The first-order valence-corrected chi connectivity index (χ1v) is 8.72. The van der Waals surface area contributed by atoms with Crippen molar-refractivity contribution in [2.45, 2.75) is 19.8 Å². The molecular formula is C20H20N2O5. The molecule has 0 aliphatic carbocycles. The molecule has 2 N–H and O–H groups in total. The zero-order valence-electron chi connectivity index (χ0n) is 14.9. The van der Waals surface area contributed by atoms with Crippen LogP contribution in [-0.2, 0) is 9.53 Å². The summed E-state index contributed by atoms with van der Waals surface area (Å²) in [6, 6.07) is 11.3. The van der Waals surface area contributed by atoms with E-state index in [-0.39, 0.29) is 18.4 Å². The average molecular weight is 368 g/mol. The highest BCUT2D eigenvalue weighted by Gasteiger charge is 2.18. The number of amides is 2. The molecule has 0 radical (unpaired) electrons. The van der Waals surface area contributed by atoms with Gasteiger partial charge in [-0.1, -0.05) is 19.4 Å². The Morgan fingerprint density at radius 3 is 2.85 bits per heavy atom. The zero-order chi connectivity index (χ0) is 19.2. The number of hydrogen-bond donors (Lipinski definition) is 2. The summed E-state index contributed by atoms with van der Waals surface area (Å²) in [4.78, 5) is 35.9. The monoisotopic (exact) mass is 368 g/mol. The number of fused-ring (bicyclic) bond motifs is 1. The van der Waals surface area contributed by atoms with Gasteiger partial charge in [0.15, 0.2) is 6.61 Å². The molecule has 0 saturated carbocycles. The van der Waals surface area contributed by atoms with E-state index in [0.29, 0.717) is 34.9 Å². The zero-order valence-corrected chi connectivity index (χ0v) is 14.9. The summed E-state index contributed by atoms with van der Waals surface area (Å²) in [5, 5.41) is 5.40. The van der Waals surface area contributed by atoms with Crippen LogP contribution in [0.2, 0.25) is 0 Å². The van der Waals surface area contributed by atoms with E-state index in [1.807, 2.05) is 6.92 Å². The van der Waals surface area contributed by atoms with Gasteiger partial charge in [-0.05, 0) is 42.8 Å². The second-order valence-corrected chi connectivity index (χ2v) is 6.07. The fraction of sp³-hybridized carbons (Fsp3) is 0.250. The first-order chi connectivity index (χ1) is 13.1. The molecule has 1 aliphatic heterocycles. The Hall–Kier alpha value is -3.35. The van der Waals surface area contributed by atoms with Crippen molar-refractivity contribution in [1.82, 2.24) is 0 Å². The molecule has 3 rings (SSSR count). The standard InChI is InChI=1S/C20H20N2O5/c1-2-3-9-26-20(25)14-5-4-6-15(10-14)21-19(24)13-7-8-17-16(11-13)22-18(23)12-27-17/h4-8,10-11H,2-3,9,12H2,1H3,(H,21,24)(H,22,23). The van der Waals surface area contributed by atoms with E-state index >= 15 is 0 Å². The Kier molecular flexibility index (Phi) is 5.71. The van der Waals surface area contributed by atoms with E-state index in [0.717, 1.165) is 12.8 Å². The highest BCUT2D eigenvalue weighted by atomic mass is 16.5. The number of esters is 1. The van der Waals surface area contributed by atoms with Gasteiger partial charge in [-0.3, -0.25) is 9.59 Å². The third-order valence-corrected chi connectivity index (χ3v) is 3.96. The van der Waals surface area contributed by atoms with Gasteiger partial charge in [0.2, 0.25) is 0 Å². The molecule has 7 heteroatoms. The number of rotatable bonds is 6. The van der Waals surface area contributed by atoms with Gasteiger partial charge in [-0.2, -0.15) is 0 Å². The summed E-state index contributed by atoms with van der Waals surface area (Å²) in [6.45, 7) is 2.34. The molecule has 2 aromatic carbocycles. The first-order valence-electron chi connectivity index (χ1n) is 8.72. The summed E-state index contributed by atoms with van der Waals surface area (Å²) in [5.74, 6) is -0.542. The van der Waals surface area contributed by atoms with E-state index in [1.165, 1.54) is 0 Å². The summed E-state index contributed by atoms with van der Waals surface area (Å²) in [5.41, 5.74) is 1.65. The number of unbranched alkanes of at least 4 members (excludes halogenated alkanes) is 1. The predicted molar refractivity (Wildman–Crippen MR) is 100 cm³/mol. The minimum Gasteiger partial charge on any atom is -0.482 e. The van der Waals surface area contributed by atoms with Crippen LogP contribution in [0.15, 0.2) is 42.5 Å². The third kappa shape index (κ3) is 4.63. The first kappa shape index (κ1) is 18.4. The highest BCUT2D eigenvalue weighted by Crippen LogP contribution is 2.28. The lowest BCUT2D eigenvalue weighted by Gasteiger charge is -2.18. The number of nitrogens with one attached hydrogen (secondary N) is 2. The molecule has 1 heterocycles. The van der Waals surface area contributed by atoms with E-state index in [4.69, 9.17) is 9.47 Å². The Bertz CT molecular complexity index is 878. The van der Waals surface area contributed by atoms with Crippen LogP contribution in [0.1, 0.15) is 40.5 Å². The summed E-state index contributed by atoms with van der Waals surface area (Å²) >= 11 is 0. The maximum Gasteiger partial charge on any atom is 0.338 e. The van der Waals surface area contributed by atoms with Crippen LogP contribution in [-0.4, -0.2) is 31.0 Å². The predicted octanol–water partition coefficient (Wildman–Crippen LogP) is 3.23. The molecule has 27 heavy (non-hydrogen) atoms. The molecule has 7 nitrogen and oxygen atoms in total. The molecule has 0 unspecified atom stereocenters. The lowest BCUT2D eigenvalue weighted by atomic mass is 10.1. The molecule has 0 fully saturated rings. The molecule has 1 aliphatic rings. The van der Waals surface area contributed by atoms with Gasteiger partial charge < -0.3 is 20.1 Å². The van der Waals surface area contributed by atoms with Crippen molar-refractivity contribution in [1.29, 1.82) is 0 Å². The van der Waals surface area contributed by atoms with Crippen molar-refractivity contribution in [3.05, 3.63) is 53.6 Å². The van der Waals surface area contributed by atoms with E-state index in [9.17, 15) is 14.4 Å². The van der Waals surface area contributed by atoms with Crippen LogP contribution < -0.4 is 15.4 Å².